The maximum absolute atomic E-state index is 13.8. The molecule has 1 amide bonds. The number of carbonyl (C=O) groups excluding carboxylic acids is 1. The van der Waals surface area contributed by atoms with E-state index < -0.39 is 0 Å². The highest BCUT2D eigenvalue weighted by Gasteiger charge is 2.11. The van der Waals surface area contributed by atoms with Gasteiger partial charge >= 0.3 is 0 Å². The van der Waals surface area contributed by atoms with Gasteiger partial charge in [-0.2, -0.15) is 0 Å². The molecule has 0 heterocycles. The first-order valence-electron chi connectivity index (χ1n) is 7.13. The van der Waals surface area contributed by atoms with Crippen LogP contribution in [0.5, 0.6) is 0 Å². The molecule has 1 N–H and O–H groups in total. The van der Waals surface area contributed by atoms with Gasteiger partial charge in [-0.1, -0.05) is 30.3 Å². The lowest BCUT2D eigenvalue weighted by Gasteiger charge is -2.11. The molecule has 0 bridgehead atoms. The molecule has 2 aromatic carbocycles. The maximum Gasteiger partial charge on any atom is 0.252 e. The highest BCUT2D eigenvalue weighted by atomic mass is 19.1. The van der Waals surface area contributed by atoms with Crippen molar-refractivity contribution in [3.63, 3.8) is 0 Å². The third kappa shape index (κ3) is 3.71. The SMILES string of the molecule is COCc1ccc(CNC(=O)c2c(C)cccc2C)cc1F. The standard InChI is InChI=1S/C18H20FNO2/c1-12-5-4-6-13(2)17(12)18(21)20-10-14-7-8-15(11-22-3)16(19)9-14/h4-9H,10-11H2,1-3H3,(H,20,21). The van der Waals surface area contributed by atoms with Gasteiger partial charge in [0, 0.05) is 24.8 Å². The topological polar surface area (TPSA) is 38.3 Å². The Labute approximate surface area is 130 Å². The van der Waals surface area contributed by atoms with Crippen molar-refractivity contribution in [2.75, 3.05) is 7.11 Å². The summed E-state index contributed by atoms with van der Waals surface area (Å²) < 4.78 is 18.7. The van der Waals surface area contributed by atoms with Crippen LogP contribution in [0.25, 0.3) is 0 Å². The number of carbonyl (C=O) groups is 1. The molecule has 0 aromatic heterocycles. The largest absolute Gasteiger partial charge is 0.380 e. The molecule has 0 atom stereocenters. The zero-order valence-electron chi connectivity index (χ0n) is 13.1. The van der Waals surface area contributed by atoms with E-state index in [1.165, 1.54) is 13.2 Å². The quantitative estimate of drug-likeness (QED) is 0.917. The molecule has 0 radical (unpaired) electrons. The fourth-order valence-corrected chi connectivity index (χ4v) is 2.42. The Bertz CT molecular complexity index is 663. The van der Waals surface area contributed by atoms with E-state index >= 15 is 0 Å². The molecule has 0 saturated heterocycles. The van der Waals surface area contributed by atoms with Crippen LogP contribution in [-0.4, -0.2) is 13.0 Å². The number of aryl methyl sites for hydroxylation is 2. The number of rotatable bonds is 5. The van der Waals surface area contributed by atoms with Gasteiger partial charge in [0.2, 0.25) is 0 Å². The van der Waals surface area contributed by atoms with Gasteiger partial charge in [-0.05, 0) is 36.6 Å². The van der Waals surface area contributed by atoms with Gasteiger partial charge in [0.1, 0.15) is 5.82 Å². The third-order valence-corrected chi connectivity index (χ3v) is 3.58. The predicted octanol–water partition coefficient (Wildman–Crippen LogP) is 3.52. The summed E-state index contributed by atoms with van der Waals surface area (Å²) in [5.41, 5.74) is 3.77. The molecule has 0 fully saturated rings. The van der Waals surface area contributed by atoms with Crippen molar-refractivity contribution in [3.05, 3.63) is 70.0 Å². The summed E-state index contributed by atoms with van der Waals surface area (Å²) in [6, 6.07) is 10.6. The van der Waals surface area contributed by atoms with Gasteiger partial charge in [0.25, 0.3) is 5.91 Å². The summed E-state index contributed by atoms with van der Waals surface area (Å²) in [5, 5.41) is 2.84. The Morgan fingerprint density at radius 1 is 1.18 bits per heavy atom. The number of amides is 1. The van der Waals surface area contributed by atoms with Crippen molar-refractivity contribution in [1.29, 1.82) is 0 Å². The summed E-state index contributed by atoms with van der Waals surface area (Å²) in [6.07, 6.45) is 0. The van der Waals surface area contributed by atoms with E-state index in [9.17, 15) is 9.18 Å². The van der Waals surface area contributed by atoms with Crippen molar-refractivity contribution < 1.29 is 13.9 Å². The highest BCUT2D eigenvalue weighted by Crippen LogP contribution is 2.14. The number of hydrogen-bond acceptors (Lipinski definition) is 2. The van der Waals surface area contributed by atoms with Gasteiger partial charge in [0.05, 0.1) is 6.61 Å². The highest BCUT2D eigenvalue weighted by molar-refractivity contribution is 5.96. The minimum Gasteiger partial charge on any atom is -0.380 e. The summed E-state index contributed by atoms with van der Waals surface area (Å²) in [5.74, 6) is -0.461. The summed E-state index contributed by atoms with van der Waals surface area (Å²) in [6.45, 7) is 4.33. The van der Waals surface area contributed by atoms with E-state index in [0.29, 0.717) is 11.1 Å². The zero-order valence-corrected chi connectivity index (χ0v) is 13.1. The monoisotopic (exact) mass is 301 g/mol. The van der Waals surface area contributed by atoms with Crippen LogP contribution in [0.4, 0.5) is 4.39 Å². The minimum atomic E-state index is -0.319. The second-order valence-electron chi connectivity index (χ2n) is 5.31. The molecule has 116 valence electrons. The van der Waals surface area contributed by atoms with Crippen LogP contribution in [0, 0.1) is 19.7 Å². The molecule has 0 aliphatic carbocycles. The lowest BCUT2D eigenvalue weighted by molar-refractivity contribution is 0.0949. The number of nitrogens with one attached hydrogen (secondary N) is 1. The van der Waals surface area contributed by atoms with E-state index in [2.05, 4.69) is 5.32 Å². The van der Waals surface area contributed by atoms with E-state index in [-0.39, 0.29) is 24.9 Å². The van der Waals surface area contributed by atoms with Gasteiger partial charge < -0.3 is 10.1 Å². The normalized spacial score (nSPS) is 10.5. The molecule has 22 heavy (non-hydrogen) atoms. The van der Waals surface area contributed by atoms with Crippen molar-refractivity contribution >= 4 is 5.91 Å². The lowest BCUT2D eigenvalue weighted by Crippen LogP contribution is -2.24. The van der Waals surface area contributed by atoms with E-state index in [1.54, 1.807) is 12.1 Å². The van der Waals surface area contributed by atoms with E-state index in [1.807, 2.05) is 32.0 Å². The molecule has 3 nitrogen and oxygen atoms in total. The van der Waals surface area contributed by atoms with E-state index in [0.717, 1.165) is 16.7 Å². The van der Waals surface area contributed by atoms with Crippen LogP contribution >= 0.6 is 0 Å². The summed E-state index contributed by atoms with van der Waals surface area (Å²) in [4.78, 5) is 12.3. The first-order chi connectivity index (χ1) is 10.5. The lowest BCUT2D eigenvalue weighted by atomic mass is 10.0. The smallest absolute Gasteiger partial charge is 0.252 e. The molecular formula is C18H20FNO2. The Kier molecular flexibility index (Phi) is 5.28. The van der Waals surface area contributed by atoms with Crippen LogP contribution in [0.3, 0.4) is 0 Å². The number of benzene rings is 2. The number of ether oxygens (including phenoxy) is 1. The van der Waals surface area contributed by atoms with Crippen LogP contribution in [0.1, 0.15) is 32.6 Å². The predicted molar refractivity (Wildman–Crippen MR) is 84.2 cm³/mol. The Morgan fingerprint density at radius 3 is 2.45 bits per heavy atom. The van der Waals surface area contributed by atoms with Gasteiger partial charge in [-0.3, -0.25) is 4.79 Å². The number of hydrogen-bond donors (Lipinski definition) is 1. The van der Waals surface area contributed by atoms with Crippen molar-refractivity contribution in [1.82, 2.24) is 5.32 Å². The average Bonchev–Trinajstić information content (AvgIpc) is 2.47. The molecule has 0 aliphatic rings. The molecule has 0 spiro atoms. The van der Waals surface area contributed by atoms with E-state index in [4.69, 9.17) is 4.74 Å². The van der Waals surface area contributed by atoms with Crippen LogP contribution in [0.15, 0.2) is 36.4 Å². The number of methoxy groups -OCH3 is 1. The first-order valence-corrected chi connectivity index (χ1v) is 7.13. The fourth-order valence-electron chi connectivity index (χ4n) is 2.42. The van der Waals surface area contributed by atoms with Crippen LogP contribution in [0.2, 0.25) is 0 Å². The van der Waals surface area contributed by atoms with Gasteiger partial charge in [0.15, 0.2) is 0 Å². The Morgan fingerprint density at radius 2 is 1.86 bits per heavy atom. The number of halogens is 1. The van der Waals surface area contributed by atoms with Crippen molar-refractivity contribution in [3.8, 4) is 0 Å². The molecule has 2 rings (SSSR count). The summed E-state index contributed by atoms with van der Waals surface area (Å²) >= 11 is 0. The minimum absolute atomic E-state index is 0.142. The second kappa shape index (κ2) is 7.18. The van der Waals surface area contributed by atoms with Crippen molar-refractivity contribution in [2.24, 2.45) is 0 Å². The Balaban J connectivity index is 2.07. The van der Waals surface area contributed by atoms with Gasteiger partial charge in [-0.15, -0.1) is 0 Å². The molecule has 0 aliphatic heterocycles. The fraction of sp³-hybridized carbons (Fsp3) is 0.278. The first kappa shape index (κ1) is 16.2. The zero-order chi connectivity index (χ0) is 16.1. The van der Waals surface area contributed by atoms with Crippen LogP contribution in [-0.2, 0) is 17.9 Å². The third-order valence-electron chi connectivity index (χ3n) is 3.58. The molecular weight excluding hydrogens is 281 g/mol. The molecule has 0 unspecified atom stereocenters. The molecule has 0 saturated carbocycles. The average molecular weight is 301 g/mol. The molecule has 2 aromatic rings. The second-order valence-corrected chi connectivity index (χ2v) is 5.31. The maximum atomic E-state index is 13.8. The van der Waals surface area contributed by atoms with Crippen LogP contribution < -0.4 is 5.32 Å². The molecule has 4 heteroatoms. The Hall–Kier alpha value is -2.20. The van der Waals surface area contributed by atoms with Crippen molar-refractivity contribution in [2.45, 2.75) is 27.0 Å². The van der Waals surface area contributed by atoms with Gasteiger partial charge in [-0.25, -0.2) is 4.39 Å². The summed E-state index contributed by atoms with van der Waals surface area (Å²) in [7, 11) is 1.53.